The first kappa shape index (κ1) is 18.8. The number of amides is 2. The second-order valence-corrected chi connectivity index (χ2v) is 8.06. The normalized spacial score (nSPS) is 18.6. The van der Waals surface area contributed by atoms with Crippen LogP contribution in [0.2, 0.25) is 0 Å². The van der Waals surface area contributed by atoms with Crippen LogP contribution < -0.4 is 10.6 Å². The predicted octanol–water partition coefficient (Wildman–Crippen LogP) is 2.80. The molecule has 7 heteroatoms. The number of piperidine rings is 1. The molecule has 0 aliphatic carbocycles. The first-order chi connectivity index (χ1) is 13.5. The minimum atomic E-state index is -0.550. The fourth-order valence-electron chi connectivity index (χ4n) is 3.61. The molecule has 28 heavy (non-hydrogen) atoms. The summed E-state index contributed by atoms with van der Waals surface area (Å²) in [5, 5.41) is 5.97. The van der Waals surface area contributed by atoms with Crippen LogP contribution in [0.4, 0.5) is 5.69 Å². The van der Waals surface area contributed by atoms with Crippen molar-refractivity contribution < 1.29 is 9.59 Å². The Labute approximate surface area is 172 Å². The molecule has 0 atom stereocenters. The van der Waals surface area contributed by atoms with E-state index in [4.69, 9.17) is 4.99 Å². The Morgan fingerprint density at radius 2 is 1.79 bits per heavy atom. The third kappa shape index (κ3) is 4.15. The third-order valence-electron chi connectivity index (χ3n) is 5.11. The second kappa shape index (κ2) is 7.85. The molecule has 2 aliphatic heterocycles. The molecule has 0 aromatic heterocycles. The maximum absolute atomic E-state index is 12.5. The lowest BCUT2D eigenvalue weighted by molar-refractivity contribution is -0.119. The standard InChI is InChI=1S/C21H21BrN4O2/c22-16-8-6-15(7-9-16)19-20(28)25-21(24-19)10-12-26(13-11-21)14-18(27)23-17-4-2-1-3-5-17/h1-9H,10-14H2,(H,23,27)(H,25,28). The van der Waals surface area contributed by atoms with E-state index < -0.39 is 5.66 Å². The number of carbonyl (C=O) groups is 2. The molecule has 144 valence electrons. The number of halogens is 1. The molecule has 0 radical (unpaired) electrons. The molecule has 2 aromatic rings. The minimum absolute atomic E-state index is 0.0309. The quantitative estimate of drug-likeness (QED) is 0.767. The van der Waals surface area contributed by atoms with E-state index in [1.807, 2.05) is 54.6 Å². The van der Waals surface area contributed by atoms with Gasteiger partial charge in [0.25, 0.3) is 5.91 Å². The van der Waals surface area contributed by atoms with Crippen molar-refractivity contribution in [3.63, 3.8) is 0 Å². The number of hydrogen-bond donors (Lipinski definition) is 2. The van der Waals surface area contributed by atoms with Crippen LogP contribution in [0.25, 0.3) is 0 Å². The van der Waals surface area contributed by atoms with E-state index in [0.29, 0.717) is 38.2 Å². The number of rotatable bonds is 4. The molecule has 0 unspecified atom stereocenters. The van der Waals surface area contributed by atoms with Crippen LogP contribution in [-0.4, -0.2) is 47.7 Å². The smallest absolute Gasteiger partial charge is 0.272 e. The maximum Gasteiger partial charge on any atom is 0.272 e. The zero-order valence-electron chi connectivity index (χ0n) is 15.3. The molecule has 1 fully saturated rings. The summed E-state index contributed by atoms with van der Waals surface area (Å²) in [6.07, 6.45) is 1.38. The summed E-state index contributed by atoms with van der Waals surface area (Å²) in [5.41, 5.74) is 1.56. The third-order valence-corrected chi connectivity index (χ3v) is 5.64. The molecule has 2 amide bonds. The highest BCUT2D eigenvalue weighted by Gasteiger charge is 2.42. The zero-order chi connectivity index (χ0) is 19.6. The van der Waals surface area contributed by atoms with Crippen molar-refractivity contribution in [3.05, 3.63) is 64.6 Å². The molecular formula is C21H21BrN4O2. The van der Waals surface area contributed by atoms with Crippen molar-refractivity contribution in [2.24, 2.45) is 4.99 Å². The molecule has 4 rings (SSSR count). The molecule has 0 bridgehead atoms. The first-order valence-electron chi connectivity index (χ1n) is 9.29. The van der Waals surface area contributed by atoms with E-state index >= 15 is 0 Å². The number of hydrogen-bond acceptors (Lipinski definition) is 4. The lowest BCUT2D eigenvalue weighted by Crippen LogP contribution is -2.52. The number of anilines is 1. The Hall–Kier alpha value is -2.51. The van der Waals surface area contributed by atoms with Gasteiger partial charge in [0.15, 0.2) is 0 Å². The van der Waals surface area contributed by atoms with Crippen LogP contribution in [0.5, 0.6) is 0 Å². The van der Waals surface area contributed by atoms with Gasteiger partial charge in [-0.15, -0.1) is 0 Å². The van der Waals surface area contributed by atoms with Gasteiger partial charge in [-0.1, -0.05) is 46.3 Å². The van der Waals surface area contributed by atoms with E-state index in [1.54, 1.807) is 0 Å². The van der Waals surface area contributed by atoms with Gasteiger partial charge < -0.3 is 10.6 Å². The molecule has 1 saturated heterocycles. The van der Waals surface area contributed by atoms with Gasteiger partial charge in [-0.05, 0) is 24.3 Å². The average Bonchev–Trinajstić information content (AvgIpc) is 3.01. The second-order valence-electron chi connectivity index (χ2n) is 7.14. The highest BCUT2D eigenvalue weighted by Crippen LogP contribution is 2.29. The number of nitrogens with one attached hydrogen (secondary N) is 2. The van der Waals surface area contributed by atoms with Crippen LogP contribution in [0.3, 0.4) is 0 Å². The van der Waals surface area contributed by atoms with E-state index in [0.717, 1.165) is 15.7 Å². The summed E-state index contributed by atoms with van der Waals surface area (Å²) >= 11 is 3.41. The van der Waals surface area contributed by atoms with Gasteiger partial charge in [0.2, 0.25) is 5.91 Å². The molecule has 6 nitrogen and oxygen atoms in total. The van der Waals surface area contributed by atoms with Crippen LogP contribution >= 0.6 is 15.9 Å². The summed E-state index contributed by atoms with van der Waals surface area (Å²) in [6.45, 7) is 1.75. The van der Waals surface area contributed by atoms with Crippen LogP contribution in [-0.2, 0) is 9.59 Å². The number of benzene rings is 2. The van der Waals surface area contributed by atoms with E-state index in [2.05, 4.69) is 31.5 Å². The van der Waals surface area contributed by atoms with Gasteiger partial charge in [-0.25, -0.2) is 0 Å². The Morgan fingerprint density at radius 1 is 1.11 bits per heavy atom. The van der Waals surface area contributed by atoms with Crippen molar-refractivity contribution >= 4 is 39.1 Å². The van der Waals surface area contributed by atoms with Crippen LogP contribution in [0.15, 0.2) is 64.1 Å². The Balaban J connectivity index is 1.36. The summed E-state index contributed by atoms with van der Waals surface area (Å²) < 4.78 is 0.965. The highest BCUT2D eigenvalue weighted by molar-refractivity contribution is 9.10. The minimum Gasteiger partial charge on any atom is -0.326 e. The van der Waals surface area contributed by atoms with Gasteiger partial charge in [0, 0.05) is 41.7 Å². The summed E-state index contributed by atoms with van der Waals surface area (Å²) in [5.74, 6) is -0.158. The van der Waals surface area contributed by atoms with Gasteiger partial charge in [0.1, 0.15) is 11.4 Å². The molecule has 1 spiro atoms. The Kier molecular flexibility index (Phi) is 5.28. The first-order valence-corrected chi connectivity index (χ1v) is 10.1. The highest BCUT2D eigenvalue weighted by atomic mass is 79.9. The molecule has 2 N–H and O–H groups in total. The van der Waals surface area contributed by atoms with Gasteiger partial charge >= 0.3 is 0 Å². The van der Waals surface area contributed by atoms with Crippen LogP contribution in [0.1, 0.15) is 18.4 Å². The summed E-state index contributed by atoms with van der Waals surface area (Å²) in [6, 6.07) is 17.0. The van der Waals surface area contributed by atoms with Gasteiger partial charge in [-0.2, -0.15) is 0 Å². The van der Waals surface area contributed by atoms with E-state index in [1.165, 1.54) is 0 Å². The lowest BCUT2D eigenvalue weighted by atomic mass is 9.98. The van der Waals surface area contributed by atoms with Crippen molar-refractivity contribution in [3.8, 4) is 0 Å². The monoisotopic (exact) mass is 440 g/mol. The van der Waals surface area contributed by atoms with E-state index in [9.17, 15) is 9.59 Å². The molecule has 2 aliphatic rings. The molecule has 0 saturated carbocycles. The zero-order valence-corrected chi connectivity index (χ0v) is 16.9. The Morgan fingerprint density at radius 3 is 2.46 bits per heavy atom. The largest absolute Gasteiger partial charge is 0.326 e. The number of nitrogens with zero attached hydrogens (tertiary/aromatic N) is 2. The predicted molar refractivity (Wildman–Crippen MR) is 112 cm³/mol. The van der Waals surface area contributed by atoms with Crippen molar-refractivity contribution in [2.75, 3.05) is 25.0 Å². The SMILES string of the molecule is O=C(CN1CCC2(CC1)N=C(c1ccc(Br)cc1)C(=O)N2)Nc1ccccc1. The average molecular weight is 441 g/mol. The maximum atomic E-state index is 12.5. The fraction of sp³-hybridized carbons (Fsp3) is 0.286. The Bertz CT molecular complexity index is 904. The number of para-hydroxylation sites is 1. The molecule has 2 aromatic carbocycles. The van der Waals surface area contributed by atoms with Crippen molar-refractivity contribution in [1.29, 1.82) is 0 Å². The fourth-order valence-corrected chi connectivity index (χ4v) is 3.87. The number of likely N-dealkylation sites (tertiary alicyclic amines) is 1. The number of carbonyl (C=O) groups excluding carboxylic acids is 2. The topological polar surface area (TPSA) is 73.8 Å². The van der Waals surface area contributed by atoms with Crippen molar-refractivity contribution in [2.45, 2.75) is 18.5 Å². The molecule has 2 heterocycles. The van der Waals surface area contributed by atoms with Crippen molar-refractivity contribution in [1.82, 2.24) is 10.2 Å². The van der Waals surface area contributed by atoms with Gasteiger partial charge in [0.05, 0.1) is 6.54 Å². The summed E-state index contributed by atoms with van der Waals surface area (Å²) in [4.78, 5) is 31.6. The molecular weight excluding hydrogens is 420 g/mol. The van der Waals surface area contributed by atoms with Gasteiger partial charge in [-0.3, -0.25) is 19.5 Å². The van der Waals surface area contributed by atoms with Crippen LogP contribution in [0, 0.1) is 0 Å². The van der Waals surface area contributed by atoms with E-state index in [-0.39, 0.29) is 11.8 Å². The number of aliphatic imine (C=N–C) groups is 1. The summed E-state index contributed by atoms with van der Waals surface area (Å²) in [7, 11) is 0. The lowest BCUT2D eigenvalue weighted by Gasteiger charge is -2.36.